The zero-order valence-corrected chi connectivity index (χ0v) is 19.7. The lowest BCUT2D eigenvalue weighted by molar-refractivity contribution is -0.236. The number of fused-ring (bicyclic) bond motifs is 4. The maximum atomic E-state index is 10.6. The Morgan fingerprint density at radius 1 is 1.13 bits per heavy atom. The highest BCUT2D eigenvalue weighted by atomic mass is 16.5. The van der Waals surface area contributed by atoms with E-state index in [2.05, 4.69) is 55.9 Å². The van der Waals surface area contributed by atoms with E-state index >= 15 is 0 Å². The summed E-state index contributed by atoms with van der Waals surface area (Å²) in [5.74, 6) is 1.15. The van der Waals surface area contributed by atoms with Crippen LogP contribution in [0.2, 0.25) is 0 Å². The fourth-order valence-corrected chi connectivity index (χ4v) is 7.66. The van der Waals surface area contributed by atoms with Crippen molar-refractivity contribution in [2.75, 3.05) is 0 Å². The van der Waals surface area contributed by atoms with Gasteiger partial charge in [0.15, 0.2) is 0 Å². The van der Waals surface area contributed by atoms with Gasteiger partial charge in [0.05, 0.1) is 17.8 Å². The first-order valence-electron chi connectivity index (χ1n) is 12.2. The number of nitrogens with one attached hydrogen (secondary N) is 1. The monoisotopic (exact) mass is 421 g/mol. The predicted octanol–water partition coefficient (Wildman–Crippen LogP) is 6.42. The van der Waals surface area contributed by atoms with Gasteiger partial charge in [0.25, 0.3) is 0 Å². The summed E-state index contributed by atoms with van der Waals surface area (Å²) in [6.07, 6.45) is 10.2. The molecule has 2 heterocycles. The van der Waals surface area contributed by atoms with Gasteiger partial charge in [0.2, 0.25) is 0 Å². The van der Waals surface area contributed by atoms with Crippen LogP contribution in [0.5, 0.6) is 0 Å². The van der Waals surface area contributed by atoms with Crippen molar-refractivity contribution in [2.24, 2.45) is 22.7 Å². The number of benzene rings is 1. The van der Waals surface area contributed by atoms with Gasteiger partial charge in [-0.3, -0.25) is 0 Å². The van der Waals surface area contributed by atoms with Gasteiger partial charge in [-0.2, -0.15) is 0 Å². The molecule has 6 unspecified atom stereocenters. The number of aromatic amines is 1. The number of hydrogen-bond acceptors (Lipinski definition) is 2. The zero-order valence-electron chi connectivity index (χ0n) is 19.7. The first kappa shape index (κ1) is 21.3. The molecular weight excluding hydrogens is 382 g/mol. The highest BCUT2D eigenvalue weighted by Gasteiger charge is 2.60. The van der Waals surface area contributed by atoms with Crippen LogP contribution in [0.25, 0.3) is 10.9 Å². The second-order valence-electron chi connectivity index (χ2n) is 11.7. The van der Waals surface area contributed by atoms with E-state index in [0.717, 1.165) is 32.1 Å². The molecule has 0 radical (unpaired) electrons. The molecule has 1 aromatic carbocycles. The van der Waals surface area contributed by atoms with Gasteiger partial charge in [0.1, 0.15) is 0 Å². The highest BCUT2D eigenvalue weighted by Crippen LogP contribution is 2.64. The van der Waals surface area contributed by atoms with Crippen molar-refractivity contribution in [3.05, 3.63) is 48.2 Å². The van der Waals surface area contributed by atoms with Gasteiger partial charge in [-0.05, 0) is 93.1 Å². The van der Waals surface area contributed by atoms with Gasteiger partial charge >= 0.3 is 0 Å². The summed E-state index contributed by atoms with van der Waals surface area (Å²) in [5.41, 5.74) is 3.78. The summed E-state index contributed by atoms with van der Waals surface area (Å²) < 4.78 is 6.60. The molecule has 2 aromatic rings. The minimum Gasteiger partial charge on any atom is -0.388 e. The molecule has 31 heavy (non-hydrogen) atoms. The third-order valence-electron chi connectivity index (χ3n) is 9.48. The second kappa shape index (κ2) is 7.22. The molecule has 1 aromatic heterocycles. The average molecular weight is 422 g/mol. The van der Waals surface area contributed by atoms with E-state index in [4.69, 9.17) is 4.74 Å². The molecule has 2 aliphatic carbocycles. The van der Waals surface area contributed by atoms with Crippen LogP contribution in [0.3, 0.4) is 0 Å². The Morgan fingerprint density at radius 2 is 1.87 bits per heavy atom. The Morgan fingerprint density at radius 3 is 2.65 bits per heavy atom. The minimum absolute atomic E-state index is 0.0458. The number of para-hydroxylation sites is 1. The van der Waals surface area contributed by atoms with Crippen molar-refractivity contribution in [1.29, 1.82) is 0 Å². The Labute approximate surface area is 187 Å². The normalized spacial score (nSPS) is 38.7. The molecule has 1 saturated heterocycles. The Bertz CT molecular complexity index is 984. The average Bonchev–Trinajstić information content (AvgIpc) is 3.12. The summed E-state index contributed by atoms with van der Waals surface area (Å²) in [6.45, 7) is 13.4. The van der Waals surface area contributed by atoms with Crippen LogP contribution in [0.4, 0.5) is 0 Å². The number of aromatic nitrogens is 1. The fraction of sp³-hybridized carbons (Fsp3) is 0.643. The molecule has 2 N–H and O–H groups in total. The SMILES string of the molecule is C=C1CCC2C3(C)CCC(C(C)(C)O)OC3CCC2(C)C1Cc1c[nH]c2ccccc12. The van der Waals surface area contributed by atoms with Crippen molar-refractivity contribution in [3.63, 3.8) is 0 Å². The maximum absolute atomic E-state index is 10.6. The smallest absolute Gasteiger partial charge is 0.0860 e. The standard InChI is InChI=1S/C28H39NO2/c1-18-10-11-23-27(4,21(18)16-19-17-29-22-9-7-6-8-20(19)22)14-13-25-28(23,5)15-12-24(31-25)26(2,3)30/h6-9,17,21,23-25,29-30H,1,10-16H2,2-5H3. The second-order valence-corrected chi connectivity index (χ2v) is 11.7. The van der Waals surface area contributed by atoms with Gasteiger partial charge in [-0.1, -0.05) is 44.2 Å². The Kier molecular flexibility index (Phi) is 4.95. The number of rotatable bonds is 3. The third kappa shape index (κ3) is 3.31. The summed E-state index contributed by atoms with van der Waals surface area (Å²) in [7, 11) is 0. The third-order valence-corrected chi connectivity index (χ3v) is 9.48. The molecule has 0 spiro atoms. The molecule has 3 nitrogen and oxygen atoms in total. The Hall–Kier alpha value is -1.58. The van der Waals surface area contributed by atoms with Crippen molar-refractivity contribution < 1.29 is 9.84 Å². The summed E-state index contributed by atoms with van der Waals surface area (Å²) >= 11 is 0. The first-order chi connectivity index (χ1) is 14.6. The van der Waals surface area contributed by atoms with Crippen molar-refractivity contribution in [1.82, 2.24) is 4.98 Å². The van der Waals surface area contributed by atoms with Gasteiger partial charge in [-0.15, -0.1) is 0 Å². The molecule has 3 aliphatic rings. The van der Waals surface area contributed by atoms with E-state index in [-0.39, 0.29) is 23.0 Å². The molecule has 0 amide bonds. The molecule has 3 fully saturated rings. The summed E-state index contributed by atoms with van der Waals surface area (Å²) in [6, 6.07) is 8.66. The number of hydrogen-bond donors (Lipinski definition) is 2. The van der Waals surface area contributed by atoms with Crippen molar-refractivity contribution >= 4 is 10.9 Å². The van der Waals surface area contributed by atoms with Gasteiger partial charge in [0, 0.05) is 17.1 Å². The summed E-state index contributed by atoms with van der Waals surface area (Å²) in [5, 5.41) is 11.9. The Balaban J connectivity index is 1.45. The van der Waals surface area contributed by atoms with E-state index in [1.807, 2.05) is 13.8 Å². The van der Waals surface area contributed by atoms with E-state index < -0.39 is 5.60 Å². The van der Waals surface area contributed by atoms with Crippen LogP contribution in [0.1, 0.15) is 71.8 Å². The van der Waals surface area contributed by atoms with Crippen molar-refractivity contribution in [3.8, 4) is 0 Å². The first-order valence-corrected chi connectivity index (χ1v) is 12.2. The lowest BCUT2D eigenvalue weighted by atomic mass is 9.44. The van der Waals surface area contributed by atoms with Gasteiger partial charge < -0.3 is 14.8 Å². The topological polar surface area (TPSA) is 45.2 Å². The van der Waals surface area contributed by atoms with E-state index in [0.29, 0.717) is 11.8 Å². The molecular formula is C28H39NO2. The maximum Gasteiger partial charge on any atom is 0.0860 e. The number of aliphatic hydroxyl groups is 1. The van der Waals surface area contributed by atoms with E-state index in [1.54, 1.807) is 0 Å². The number of H-pyrrole nitrogens is 1. The number of ether oxygens (including phenoxy) is 1. The fourth-order valence-electron chi connectivity index (χ4n) is 7.66. The van der Waals surface area contributed by atoms with Crippen LogP contribution < -0.4 is 0 Å². The van der Waals surface area contributed by atoms with Crippen LogP contribution in [-0.4, -0.2) is 27.9 Å². The molecule has 5 rings (SSSR count). The lowest BCUT2D eigenvalue weighted by Crippen LogP contribution is -2.61. The van der Waals surface area contributed by atoms with Crippen LogP contribution in [0, 0.1) is 22.7 Å². The number of allylic oxidation sites excluding steroid dienone is 1. The molecule has 168 valence electrons. The van der Waals surface area contributed by atoms with Crippen LogP contribution in [-0.2, 0) is 11.2 Å². The molecule has 1 aliphatic heterocycles. The largest absolute Gasteiger partial charge is 0.388 e. The summed E-state index contributed by atoms with van der Waals surface area (Å²) in [4.78, 5) is 3.48. The van der Waals surface area contributed by atoms with Crippen LogP contribution in [0.15, 0.2) is 42.6 Å². The molecule has 3 heteroatoms. The quantitative estimate of drug-likeness (QED) is 0.562. The zero-order chi connectivity index (χ0) is 22.0. The van der Waals surface area contributed by atoms with E-state index in [9.17, 15) is 5.11 Å². The van der Waals surface area contributed by atoms with Crippen LogP contribution >= 0.6 is 0 Å². The predicted molar refractivity (Wildman–Crippen MR) is 127 cm³/mol. The lowest BCUT2D eigenvalue weighted by Gasteiger charge is -2.63. The van der Waals surface area contributed by atoms with Gasteiger partial charge in [-0.25, -0.2) is 0 Å². The molecule has 2 saturated carbocycles. The molecule has 0 bridgehead atoms. The highest BCUT2D eigenvalue weighted by molar-refractivity contribution is 5.83. The van der Waals surface area contributed by atoms with E-state index in [1.165, 1.54) is 34.9 Å². The molecule has 6 atom stereocenters. The minimum atomic E-state index is -0.763. The van der Waals surface area contributed by atoms with Crippen molar-refractivity contribution in [2.45, 2.75) is 90.4 Å².